The Bertz CT molecular complexity index is 1490. The van der Waals surface area contributed by atoms with Crippen molar-refractivity contribution in [3.8, 4) is 5.75 Å². The second-order valence-electron chi connectivity index (χ2n) is 9.83. The number of rotatable bonds is 7. The molecule has 194 valence electrons. The van der Waals surface area contributed by atoms with Gasteiger partial charge in [-0.3, -0.25) is 15.1 Å². The second kappa shape index (κ2) is 9.70. The number of nitrogens with one attached hydrogen (secondary N) is 2. The third kappa shape index (κ3) is 4.75. The zero-order chi connectivity index (χ0) is 26.3. The molecule has 8 nitrogen and oxygen atoms in total. The van der Waals surface area contributed by atoms with Gasteiger partial charge in [-0.05, 0) is 78.9 Å². The summed E-state index contributed by atoms with van der Waals surface area (Å²) in [6.07, 6.45) is 2.59. The van der Waals surface area contributed by atoms with Gasteiger partial charge in [-0.25, -0.2) is 8.42 Å². The predicted molar refractivity (Wildman–Crippen MR) is 148 cm³/mol. The van der Waals surface area contributed by atoms with Crippen molar-refractivity contribution in [3.63, 3.8) is 0 Å². The van der Waals surface area contributed by atoms with E-state index in [1.807, 2.05) is 61.5 Å². The normalized spacial score (nSPS) is 19.3. The minimum Gasteiger partial charge on any atom is -0.491 e. The molecule has 0 radical (unpaired) electrons. The van der Waals surface area contributed by atoms with Crippen LogP contribution < -0.4 is 14.8 Å². The summed E-state index contributed by atoms with van der Waals surface area (Å²) in [4.78, 5) is 2.08. The lowest BCUT2D eigenvalue weighted by Crippen LogP contribution is -2.37. The van der Waals surface area contributed by atoms with Crippen molar-refractivity contribution in [2.75, 3.05) is 23.2 Å². The average molecular weight is 520 g/mol. The topological polar surface area (TPSA) is 124 Å². The number of nitrogens with zero attached hydrogens (tertiary/aromatic N) is 2. The molecule has 1 saturated heterocycles. The van der Waals surface area contributed by atoms with Gasteiger partial charge in [0.2, 0.25) is 10.0 Å². The maximum absolute atomic E-state index is 13.3. The molecule has 5 rings (SSSR count). The Kier molecular flexibility index (Phi) is 6.58. The number of ether oxygens (including phenoxy) is 1. The first-order valence-corrected chi connectivity index (χ1v) is 14.3. The molecule has 1 fully saturated rings. The van der Waals surface area contributed by atoms with Gasteiger partial charge in [0.05, 0.1) is 29.4 Å². The molecular formula is C28H33N5O3S. The summed E-state index contributed by atoms with van der Waals surface area (Å²) in [5, 5.41) is 17.7. The fourth-order valence-electron chi connectivity index (χ4n) is 5.51. The van der Waals surface area contributed by atoms with Crippen LogP contribution in [0.15, 0.2) is 54.6 Å². The molecule has 0 amide bonds. The number of benzene rings is 3. The van der Waals surface area contributed by atoms with Crippen molar-refractivity contribution in [1.82, 2.24) is 4.90 Å². The zero-order valence-electron chi connectivity index (χ0n) is 21.2. The summed E-state index contributed by atoms with van der Waals surface area (Å²) in [6, 6.07) is 17.1. The van der Waals surface area contributed by atoms with Gasteiger partial charge in [0.15, 0.2) is 0 Å². The molecular weight excluding hydrogens is 486 g/mol. The lowest BCUT2D eigenvalue weighted by atomic mass is 9.98. The summed E-state index contributed by atoms with van der Waals surface area (Å²) in [5.74, 6) is 1.28. The molecule has 2 heterocycles. The van der Waals surface area contributed by atoms with E-state index in [4.69, 9.17) is 21.3 Å². The predicted octanol–water partition coefficient (Wildman–Crippen LogP) is 4.42. The molecule has 2 atom stereocenters. The summed E-state index contributed by atoms with van der Waals surface area (Å²) in [7, 11) is -3.53. The minimum atomic E-state index is -3.53. The van der Waals surface area contributed by atoms with E-state index in [0.29, 0.717) is 35.9 Å². The highest BCUT2D eigenvalue weighted by Gasteiger charge is 2.38. The van der Waals surface area contributed by atoms with E-state index in [2.05, 4.69) is 4.90 Å². The molecule has 9 heteroatoms. The molecule has 3 aromatic rings. The highest BCUT2D eigenvalue weighted by molar-refractivity contribution is 7.92. The molecule has 4 N–H and O–H groups in total. The van der Waals surface area contributed by atoms with E-state index in [9.17, 15) is 8.42 Å². The molecule has 0 saturated carbocycles. The van der Waals surface area contributed by atoms with Crippen LogP contribution in [0.5, 0.6) is 5.75 Å². The molecule has 0 aromatic heterocycles. The molecule has 0 aliphatic carbocycles. The number of amidine groups is 2. The van der Waals surface area contributed by atoms with Gasteiger partial charge >= 0.3 is 0 Å². The van der Waals surface area contributed by atoms with Gasteiger partial charge in [0.25, 0.3) is 0 Å². The first-order chi connectivity index (χ1) is 17.7. The van der Waals surface area contributed by atoms with Crippen LogP contribution in [0, 0.1) is 10.8 Å². The molecule has 0 bridgehead atoms. The smallest absolute Gasteiger partial charge is 0.235 e. The Hall–Kier alpha value is -3.59. The molecule has 37 heavy (non-hydrogen) atoms. The standard InChI is InChI=1S/C28H33N5O3S/c1-3-37(34,35)33-26-11-10-25(36-17-24-5-4-12-32(24)18(2)29)15-23(26)16-27(33)20-8-6-19-7-9-21(28(30)31)14-22(19)13-20/h6-11,13-15,24,27,29H,3-5,12,16-17H2,1-2H3,(H3,30,31)/t24-,27-/m1/s1. The summed E-state index contributed by atoms with van der Waals surface area (Å²) < 4.78 is 34.2. The lowest BCUT2D eigenvalue weighted by Gasteiger charge is -2.27. The average Bonchev–Trinajstić information content (AvgIpc) is 3.51. The molecule has 2 aliphatic heterocycles. The number of fused-ring (bicyclic) bond motifs is 2. The number of nitrogens with two attached hydrogens (primary N) is 1. The van der Waals surface area contributed by atoms with Crippen LogP contribution in [0.4, 0.5) is 5.69 Å². The van der Waals surface area contributed by atoms with Crippen molar-refractivity contribution in [3.05, 3.63) is 71.3 Å². The highest BCUT2D eigenvalue weighted by Crippen LogP contribution is 2.44. The Morgan fingerprint density at radius 3 is 2.59 bits per heavy atom. The largest absolute Gasteiger partial charge is 0.491 e. The SMILES string of the molecule is CCS(=O)(=O)N1c2ccc(OC[C@H]3CCCN3C(C)=N)cc2C[C@@H]1c1ccc2ccc(C(=N)N)cc2c1. The van der Waals surface area contributed by atoms with E-state index < -0.39 is 10.0 Å². The number of likely N-dealkylation sites (tertiary alicyclic amines) is 1. The number of hydrogen-bond acceptors (Lipinski definition) is 5. The van der Waals surface area contributed by atoms with Crippen LogP contribution in [-0.4, -0.2) is 49.9 Å². The quantitative estimate of drug-likeness (QED) is 0.315. The van der Waals surface area contributed by atoms with Gasteiger partial charge in [0.1, 0.15) is 18.2 Å². The second-order valence-corrected chi connectivity index (χ2v) is 12.0. The van der Waals surface area contributed by atoms with Crippen molar-refractivity contribution in [2.24, 2.45) is 5.73 Å². The summed E-state index contributed by atoms with van der Waals surface area (Å²) >= 11 is 0. The van der Waals surface area contributed by atoms with Crippen LogP contribution in [0.1, 0.15) is 49.4 Å². The van der Waals surface area contributed by atoms with Crippen molar-refractivity contribution < 1.29 is 13.2 Å². The van der Waals surface area contributed by atoms with Crippen molar-refractivity contribution in [1.29, 1.82) is 10.8 Å². The molecule has 3 aromatic carbocycles. The Morgan fingerprint density at radius 1 is 1.08 bits per heavy atom. The van der Waals surface area contributed by atoms with Crippen LogP contribution in [0.2, 0.25) is 0 Å². The first-order valence-electron chi connectivity index (χ1n) is 12.7. The van der Waals surface area contributed by atoms with Crippen LogP contribution in [-0.2, 0) is 16.4 Å². The minimum absolute atomic E-state index is 0.000192. The monoisotopic (exact) mass is 519 g/mol. The van der Waals surface area contributed by atoms with E-state index in [1.54, 1.807) is 11.2 Å². The van der Waals surface area contributed by atoms with E-state index >= 15 is 0 Å². The van der Waals surface area contributed by atoms with E-state index in [-0.39, 0.29) is 23.7 Å². The fraction of sp³-hybridized carbons (Fsp3) is 0.357. The van der Waals surface area contributed by atoms with E-state index in [1.165, 1.54) is 0 Å². The lowest BCUT2D eigenvalue weighted by molar-refractivity contribution is 0.226. The van der Waals surface area contributed by atoms with Crippen LogP contribution in [0.25, 0.3) is 10.8 Å². The number of sulfonamides is 1. The van der Waals surface area contributed by atoms with Gasteiger partial charge in [-0.2, -0.15) is 0 Å². The van der Waals surface area contributed by atoms with Gasteiger partial charge in [-0.15, -0.1) is 0 Å². The van der Waals surface area contributed by atoms with Gasteiger partial charge in [0, 0.05) is 18.5 Å². The molecule has 0 spiro atoms. The number of nitrogen functional groups attached to an aromatic ring is 1. The van der Waals surface area contributed by atoms with E-state index in [0.717, 1.165) is 41.3 Å². The van der Waals surface area contributed by atoms with Crippen molar-refractivity contribution in [2.45, 2.75) is 45.2 Å². The Morgan fingerprint density at radius 2 is 1.86 bits per heavy atom. The van der Waals surface area contributed by atoms with Crippen molar-refractivity contribution >= 4 is 38.2 Å². The highest BCUT2D eigenvalue weighted by atomic mass is 32.2. The Labute approximate surface area is 218 Å². The number of hydrogen-bond donors (Lipinski definition) is 3. The zero-order valence-corrected chi connectivity index (χ0v) is 22.0. The first kappa shape index (κ1) is 25.1. The number of anilines is 1. The maximum atomic E-state index is 13.3. The third-order valence-corrected chi connectivity index (χ3v) is 9.24. The molecule has 2 aliphatic rings. The van der Waals surface area contributed by atoms with Gasteiger partial charge < -0.3 is 15.4 Å². The summed E-state index contributed by atoms with van der Waals surface area (Å²) in [6.45, 7) is 4.86. The Balaban J connectivity index is 1.46. The fourth-order valence-corrected chi connectivity index (χ4v) is 6.85. The van der Waals surface area contributed by atoms with Gasteiger partial charge in [-0.1, -0.05) is 24.3 Å². The third-order valence-electron chi connectivity index (χ3n) is 7.46. The van der Waals surface area contributed by atoms with Crippen LogP contribution in [0.3, 0.4) is 0 Å². The maximum Gasteiger partial charge on any atom is 0.235 e. The summed E-state index contributed by atoms with van der Waals surface area (Å²) in [5.41, 5.74) is 8.85. The van der Waals surface area contributed by atoms with Crippen LogP contribution >= 0.6 is 0 Å². The molecule has 0 unspecified atom stereocenters.